The molecule has 0 spiro atoms. The molecule has 0 aliphatic heterocycles. The Balaban J connectivity index is 2.71. The van der Waals surface area contributed by atoms with Gasteiger partial charge in [-0.3, -0.25) is 4.79 Å². The predicted octanol–water partition coefficient (Wildman–Crippen LogP) is 3.92. The molecule has 3 nitrogen and oxygen atoms in total. The second kappa shape index (κ2) is 7.87. The molecule has 1 aromatic rings. The van der Waals surface area contributed by atoms with Gasteiger partial charge in [0.15, 0.2) is 6.61 Å². The topological polar surface area (TPSA) is 29.5 Å². The first-order chi connectivity index (χ1) is 9.85. The third-order valence-corrected chi connectivity index (χ3v) is 3.43. The molecule has 1 amide bonds. The Hall–Kier alpha value is -1.77. The average Bonchev–Trinajstić information content (AvgIpc) is 2.42. The summed E-state index contributed by atoms with van der Waals surface area (Å²) >= 11 is 0. The maximum atomic E-state index is 12.2. The van der Waals surface area contributed by atoms with Crippen LogP contribution in [0.15, 0.2) is 30.4 Å². The van der Waals surface area contributed by atoms with Crippen molar-refractivity contribution in [2.75, 3.05) is 19.7 Å². The molecule has 0 saturated heterocycles. The number of hydrogen-bond donors (Lipinski definition) is 0. The van der Waals surface area contributed by atoms with Crippen LogP contribution in [0.5, 0.6) is 5.75 Å². The minimum absolute atomic E-state index is 0.00477. The maximum Gasteiger partial charge on any atom is 0.260 e. The molecular weight excluding hydrogens is 262 g/mol. The van der Waals surface area contributed by atoms with Crippen molar-refractivity contribution < 1.29 is 9.53 Å². The van der Waals surface area contributed by atoms with Crippen LogP contribution >= 0.6 is 0 Å². The molecule has 1 rings (SSSR count). The molecule has 0 N–H and O–H groups in total. The van der Waals surface area contributed by atoms with Crippen LogP contribution in [0.25, 0.3) is 0 Å². The second-order valence-electron chi connectivity index (χ2n) is 5.83. The number of likely N-dealkylation sites (N-methyl/N-ethyl adjacent to an activating group) is 1. The molecular formula is C18H27NO2. The van der Waals surface area contributed by atoms with Gasteiger partial charge in [0.05, 0.1) is 0 Å². The van der Waals surface area contributed by atoms with Crippen LogP contribution < -0.4 is 4.74 Å². The zero-order valence-electron chi connectivity index (χ0n) is 13.9. The van der Waals surface area contributed by atoms with Crippen LogP contribution in [0.1, 0.15) is 44.7 Å². The molecule has 3 heteroatoms. The Morgan fingerprint density at radius 1 is 1.38 bits per heavy atom. The number of rotatable bonds is 7. The summed E-state index contributed by atoms with van der Waals surface area (Å²) in [5.74, 6) is 1.23. The highest BCUT2D eigenvalue weighted by molar-refractivity contribution is 5.78. The molecule has 0 aromatic heterocycles. The fourth-order valence-electron chi connectivity index (χ4n) is 2.06. The van der Waals surface area contributed by atoms with E-state index in [1.165, 1.54) is 5.56 Å². The van der Waals surface area contributed by atoms with Crippen molar-refractivity contribution in [3.8, 4) is 5.75 Å². The molecule has 0 saturated carbocycles. The van der Waals surface area contributed by atoms with Crippen LogP contribution in [-0.2, 0) is 4.79 Å². The Labute approximate surface area is 128 Å². The van der Waals surface area contributed by atoms with Gasteiger partial charge in [0, 0.05) is 13.1 Å². The van der Waals surface area contributed by atoms with E-state index < -0.39 is 0 Å². The smallest absolute Gasteiger partial charge is 0.260 e. The van der Waals surface area contributed by atoms with Crippen LogP contribution in [0.3, 0.4) is 0 Å². The van der Waals surface area contributed by atoms with E-state index in [4.69, 9.17) is 4.74 Å². The van der Waals surface area contributed by atoms with Gasteiger partial charge in [-0.25, -0.2) is 0 Å². The van der Waals surface area contributed by atoms with Crippen LogP contribution in [0.2, 0.25) is 0 Å². The summed E-state index contributed by atoms with van der Waals surface area (Å²) in [6.07, 6.45) is 0. The second-order valence-corrected chi connectivity index (χ2v) is 5.83. The number of hydrogen-bond acceptors (Lipinski definition) is 2. The lowest BCUT2D eigenvalue weighted by Gasteiger charge is -2.21. The molecule has 21 heavy (non-hydrogen) atoms. The Morgan fingerprint density at radius 3 is 2.57 bits per heavy atom. The lowest BCUT2D eigenvalue weighted by molar-refractivity contribution is -0.132. The highest BCUT2D eigenvalue weighted by Crippen LogP contribution is 2.24. The van der Waals surface area contributed by atoms with E-state index in [1.54, 1.807) is 4.90 Å². The minimum atomic E-state index is -0.00477. The first-order valence-corrected chi connectivity index (χ1v) is 7.50. The third kappa shape index (κ3) is 5.25. The zero-order valence-corrected chi connectivity index (χ0v) is 13.9. The molecule has 0 aliphatic carbocycles. The van der Waals surface area contributed by atoms with E-state index in [0.29, 0.717) is 19.0 Å². The molecule has 0 aliphatic rings. The van der Waals surface area contributed by atoms with Crippen molar-refractivity contribution in [1.82, 2.24) is 4.90 Å². The van der Waals surface area contributed by atoms with Crippen LogP contribution in [-0.4, -0.2) is 30.5 Å². The molecule has 0 heterocycles. The van der Waals surface area contributed by atoms with E-state index in [0.717, 1.165) is 16.9 Å². The number of benzene rings is 1. The first-order valence-electron chi connectivity index (χ1n) is 7.50. The highest BCUT2D eigenvalue weighted by atomic mass is 16.5. The SMILES string of the molecule is C=C(C)CN(CC)C(=O)COc1cc(C(C)C)ccc1C. The van der Waals surface area contributed by atoms with Gasteiger partial charge >= 0.3 is 0 Å². The molecule has 0 unspecified atom stereocenters. The number of carbonyl (C=O) groups excluding carboxylic acids is 1. The number of aryl methyl sites for hydroxylation is 1. The Bertz CT molecular complexity index is 506. The Morgan fingerprint density at radius 2 is 2.05 bits per heavy atom. The molecule has 0 bridgehead atoms. The van der Waals surface area contributed by atoms with Crippen molar-refractivity contribution in [2.24, 2.45) is 0 Å². The fourth-order valence-corrected chi connectivity index (χ4v) is 2.06. The first kappa shape index (κ1) is 17.3. The summed E-state index contributed by atoms with van der Waals surface area (Å²) in [5, 5.41) is 0. The van der Waals surface area contributed by atoms with Crippen molar-refractivity contribution in [1.29, 1.82) is 0 Å². The summed E-state index contributed by atoms with van der Waals surface area (Å²) in [5.41, 5.74) is 3.25. The largest absolute Gasteiger partial charge is 0.483 e. The van der Waals surface area contributed by atoms with E-state index in [9.17, 15) is 4.79 Å². The lowest BCUT2D eigenvalue weighted by atomic mass is 10.0. The van der Waals surface area contributed by atoms with Crippen molar-refractivity contribution in [3.05, 3.63) is 41.5 Å². The van der Waals surface area contributed by atoms with Crippen molar-refractivity contribution in [3.63, 3.8) is 0 Å². The van der Waals surface area contributed by atoms with Crippen LogP contribution in [0.4, 0.5) is 0 Å². The molecule has 0 atom stereocenters. The van der Waals surface area contributed by atoms with E-state index in [1.807, 2.05) is 32.9 Å². The standard InChI is InChI=1S/C18H27NO2/c1-7-19(11-13(2)3)18(20)12-21-17-10-16(14(4)5)9-8-15(17)6/h8-10,14H,2,7,11-12H2,1,3-6H3. The number of nitrogens with zero attached hydrogens (tertiary/aromatic N) is 1. The van der Waals surface area contributed by atoms with Gasteiger partial charge in [-0.2, -0.15) is 0 Å². The maximum absolute atomic E-state index is 12.2. The van der Waals surface area contributed by atoms with Gasteiger partial charge in [0.2, 0.25) is 0 Å². The highest BCUT2D eigenvalue weighted by Gasteiger charge is 2.13. The summed E-state index contributed by atoms with van der Waals surface area (Å²) < 4.78 is 5.73. The Kier molecular flexibility index (Phi) is 6.47. The zero-order chi connectivity index (χ0) is 16.0. The normalized spacial score (nSPS) is 10.6. The van der Waals surface area contributed by atoms with Gasteiger partial charge in [0.25, 0.3) is 5.91 Å². The van der Waals surface area contributed by atoms with Crippen molar-refractivity contribution >= 4 is 5.91 Å². The van der Waals surface area contributed by atoms with Crippen molar-refractivity contribution in [2.45, 2.75) is 40.5 Å². The summed E-state index contributed by atoms with van der Waals surface area (Å²) in [7, 11) is 0. The van der Waals surface area contributed by atoms with Gasteiger partial charge in [-0.1, -0.05) is 38.1 Å². The van der Waals surface area contributed by atoms with Gasteiger partial charge in [-0.05, 0) is 43.9 Å². The molecule has 116 valence electrons. The fraction of sp³-hybridized carbons (Fsp3) is 0.500. The van der Waals surface area contributed by atoms with Crippen LogP contribution in [0, 0.1) is 6.92 Å². The summed E-state index contributed by atoms with van der Waals surface area (Å²) in [6, 6.07) is 6.18. The predicted molar refractivity (Wildman–Crippen MR) is 87.8 cm³/mol. The number of amides is 1. The summed E-state index contributed by atoms with van der Waals surface area (Å²) in [6.45, 7) is 15.4. The molecule has 0 fully saturated rings. The monoisotopic (exact) mass is 289 g/mol. The average molecular weight is 289 g/mol. The molecule has 0 radical (unpaired) electrons. The lowest BCUT2D eigenvalue weighted by Crippen LogP contribution is -2.35. The van der Waals surface area contributed by atoms with E-state index in [-0.39, 0.29) is 12.5 Å². The number of carbonyl (C=O) groups is 1. The number of ether oxygens (including phenoxy) is 1. The third-order valence-electron chi connectivity index (χ3n) is 3.43. The van der Waals surface area contributed by atoms with Gasteiger partial charge in [-0.15, -0.1) is 0 Å². The van der Waals surface area contributed by atoms with E-state index >= 15 is 0 Å². The summed E-state index contributed by atoms with van der Waals surface area (Å²) in [4.78, 5) is 13.9. The quantitative estimate of drug-likeness (QED) is 0.712. The van der Waals surface area contributed by atoms with Gasteiger partial charge in [0.1, 0.15) is 5.75 Å². The van der Waals surface area contributed by atoms with E-state index in [2.05, 4.69) is 26.5 Å². The van der Waals surface area contributed by atoms with Gasteiger partial charge < -0.3 is 9.64 Å². The molecule has 1 aromatic carbocycles. The minimum Gasteiger partial charge on any atom is -0.483 e.